The molecule has 1 aromatic carbocycles. The third-order valence-corrected chi connectivity index (χ3v) is 7.04. The molecule has 1 saturated heterocycles. The fourth-order valence-electron chi connectivity index (χ4n) is 5.15. The number of esters is 1. The van der Waals surface area contributed by atoms with Crippen LogP contribution < -0.4 is 11.3 Å². The highest BCUT2D eigenvalue weighted by atomic mass is 16.7. The molecule has 6 rings (SSSR count). The summed E-state index contributed by atoms with van der Waals surface area (Å²) < 4.78 is 17.4. The predicted octanol–water partition coefficient (Wildman–Crippen LogP) is 1.26. The first-order chi connectivity index (χ1) is 17.4. The lowest BCUT2D eigenvalue weighted by Gasteiger charge is -2.33. The number of rotatable bonds is 3. The molecule has 0 radical (unpaired) electrons. The summed E-state index contributed by atoms with van der Waals surface area (Å²) >= 11 is 0. The quantitative estimate of drug-likeness (QED) is 0.320. The molecule has 2 aromatic heterocycles. The van der Waals surface area contributed by atoms with Crippen LogP contribution in [0, 0.1) is 0 Å². The molecule has 0 unspecified atom stereocenters. The second kappa shape index (κ2) is 8.40. The molecular formula is C25H25N5O6. The van der Waals surface area contributed by atoms with Crippen LogP contribution in [0.5, 0.6) is 0 Å². The van der Waals surface area contributed by atoms with Crippen molar-refractivity contribution in [2.45, 2.75) is 32.1 Å². The number of nitrogens with two attached hydrogens (primary N) is 1. The number of ether oxygens (including phenoxy) is 3. The van der Waals surface area contributed by atoms with Gasteiger partial charge in [-0.05, 0) is 12.5 Å². The highest BCUT2D eigenvalue weighted by molar-refractivity contribution is 6.03. The van der Waals surface area contributed by atoms with Gasteiger partial charge in [-0.3, -0.25) is 9.80 Å². The summed E-state index contributed by atoms with van der Waals surface area (Å²) in [5, 5.41) is 18.5. The zero-order valence-electron chi connectivity index (χ0n) is 19.7. The molecule has 3 N–H and O–H groups in total. The Kier molecular flexibility index (Phi) is 5.29. The van der Waals surface area contributed by atoms with Crippen LogP contribution in [0.1, 0.15) is 35.6 Å². The van der Waals surface area contributed by atoms with Crippen molar-refractivity contribution in [1.82, 2.24) is 14.6 Å². The van der Waals surface area contributed by atoms with E-state index >= 15 is 0 Å². The van der Waals surface area contributed by atoms with Gasteiger partial charge in [-0.15, -0.1) is 0 Å². The zero-order chi connectivity index (χ0) is 25.0. The zero-order valence-corrected chi connectivity index (χ0v) is 19.7. The van der Waals surface area contributed by atoms with E-state index in [9.17, 15) is 14.7 Å². The molecule has 5 heterocycles. The van der Waals surface area contributed by atoms with E-state index in [0.29, 0.717) is 36.8 Å². The van der Waals surface area contributed by atoms with E-state index in [1.165, 1.54) is 0 Å². The minimum Gasteiger partial charge on any atom is -0.458 e. The molecule has 0 aliphatic carbocycles. The summed E-state index contributed by atoms with van der Waals surface area (Å²) in [5.41, 5.74) is 7.94. The van der Waals surface area contributed by atoms with Gasteiger partial charge in [-0.25, -0.2) is 9.78 Å². The highest BCUT2D eigenvalue weighted by Gasteiger charge is 2.47. The van der Waals surface area contributed by atoms with Crippen molar-refractivity contribution in [3.63, 3.8) is 0 Å². The van der Waals surface area contributed by atoms with E-state index < -0.39 is 11.6 Å². The number of hydrogen-bond acceptors (Lipinski definition) is 10. The lowest BCUT2D eigenvalue weighted by molar-refractivity contribution is -0.172. The second-order valence-corrected chi connectivity index (χ2v) is 9.00. The topological polar surface area (TPSA) is 141 Å². The van der Waals surface area contributed by atoms with Crippen LogP contribution in [0.25, 0.3) is 22.3 Å². The molecule has 0 spiro atoms. The maximum Gasteiger partial charge on any atom is 0.343 e. The maximum atomic E-state index is 13.6. The van der Waals surface area contributed by atoms with Crippen LogP contribution in [0.15, 0.2) is 34.2 Å². The van der Waals surface area contributed by atoms with E-state index in [-0.39, 0.29) is 48.7 Å². The van der Waals surface area contributed by atoms with Crippen molar-refractivity contribution in [3.05, 3.63) is 56.9 Å². The van der Waals surface area contributed by atoms with Gasteiger partial charge in [-0.1, -0.05) is 25.1 Å². The Balaban J connectivity index is 1.58. The number of aromatic nitrogens is 2. The number of para-hydroxylation sites is 1. The Bertz CT molecular complexity index is 1490. The van der Waals surface area contributed by atoms with E-state index in [1.807, 2.05) is 24.3 Å². The van der Waals surface area contributed by atoms with Crippen LogP contribution in [-0.2, 0) is 37.8 Å². The average Bonchev–Trinajstić information content (AvgIpc) is 3.07. The van der Waals surface area contributed by atoms with E-state index in [4.69, 9.17) is 24.9 Å². The van der Waals surface area contributed by atoms with Gasteiger partial charge in [0, 0.05) is 22.1 Å². The summed E-state index contributed by atoms with van der Waals surface area (Å²) in [5.74, 6) is -0.810. The Morgan fingerprint density at radius 2 is 2.08 bits per heavy atom. The van der Waals surface area contributed by atoms with E-state index in [1.54, 1.807) is 22.7 Å². The number of fused-ring (bicyclic) bond motifs is 5. The number of hydrazone groups is 1. The summed E-state index contributed by atoms with van der Waals surface area (Å²) in [6, 6.07) is 7.63. The molecule has 0 amide bonds. The molecule has 11 heteroatoms. The first-order valence-electron chi connectivity index (χ1n) is 11.8. The number of nitrogens with zero attached hydrogens (tertiary/aromatic N) is 4. The summed E-state index contributed by atoms with van der Waals surface area (Å²) in [4.78, 5) is 31.0. The van der Waals surface area contributed by atoms with E-state index in [2.05, 4.69) is 5.10 Å². The molecule has 36 heavy (non-hydrogen) atoms. The van der Waals surface area contributed by atoms with E-state index in [0.717, 1.165) is 16.5 Å². The molecular weight excluding hydrogens is 466 g/mol. The number of anilines is 1. The molecule has 0 bridgehead atoms. The fourth-order valence-corrected chi connectivity index (χ4v) is 5.15. The van der Waals surface area contributed by atoms with Gasteiger partial charge in [-0.2, -0.15) is 5.10 Å². The van der Waals surface area contributed by atoms with Crippen molar-refractivity contribution < 1.29 is 24.1 Å². The molecule has 3 aliphatic heterocycles. The summed E-state index contributed by atoms with van der Waals surface area (Å²) in [6.07, 6.45) is 1.77. The van der Waals surface area contributed by atoms with Crippen molar-refractivity contribution in [1.29, 1.82) is 0 Å². The molecule has 1 atom stereocenters. The largest absolute Gasteiger partial charge is 0.458 e. The monoisotopic (exact) mass is 491 g/mol. The maximum absolute atomic E-state index is 13.6. The molecule has 186 valence electrons. The predicted molar refractivity (Wildman–Crippen MR) is 130 cm³/mol. The minimum absolute atomic E-state index is 0.0173. The average molecular weight is 492 g/mol. The molecule has 1 fully saturated rings. The summed E-state index contributed by atoms with van der Waals surface area (Å²) in [7, 11) is 0. The van der Waals surface area contributed by atoms with Gasteiger partial charge < -0.3 is 29.6 Å². The van der Waals surface area contributed by atoms with Gasteiger partial charge in [0.05, 0.1) is 54.1 Å². The number of pyridine rings is 2. The minimum atomic E-state index is -1.99. The van der Waals surface area contributed by atoms with Crippen molar-refractivity contribution >= 4 is 28.8 Å². The Morgan fingerprint density at radius 3 is 2.92 bits per heavy atom. The summed E-state index contributed by atoms with van der Waals surface area (Å²) in [6.45, 7) is 3.21. The van der Waals surface area contributed by atoms with Crippen LogP contribution in [0.2, 0.25) is 0 Å². The molecule has 0 saturated carbocycles. The van der Waals surface area contributed by atoms with Gasteiger partial charge >= 0.3 is 5.97 Å². The lowest BCUT2D eigenvalue weighted by atomic mass is 9.84. The number of carbonyl (C=O) groups excluding carboxylic acids is 1. The number of benzene rings is 1. The van der Waals surface area contributed by atoms with Crippen LogP contribution in [-0.4, -0.2) is 58.5 Å². The fraction of sp³-hybridized carbons (Fsp3) is 0.360. The number of nitrogen functional groups attached to an aromatic ring is 1. The standard InChI is InChI=1S/C25H25N5O6/c1-2-25(33)19-17(11-36-24(25)32)23(31)30-10-16-15(9-27-29-7-8-34-13-35-12-29)14-5-3-4-6-18(14)28-21(16)22(30)20(19)26/h3-6,9,33H,2,7-8,10-13,26H2,1H3/b27-9+/t25-/m0/s1. The van der Waals surface area contributed by atoms with Crippen molar-refractivity contribution in [2.75, 3.05) is 32.4 Å². The van der Waals surface area contributed by atoms with Gasteiger partial charge in [0.25, 0.3) is 5.56 Å². The Morgan fingerprint density at radius 1 is 1.25 bits per heavy atom. The Hall–Kier alpha value is -3.80. The third kappa shape index (κ3) is 3.24. The Labute approximate surface area is 205 Å². The highest BCUT2D eigenvalue weighted by Crippen LogP contribution is 2.44. The van der Waals surface area contributed by atoms with Gasteiger partial charge in [0.1, 0.15) is 20.1 Å². The van der Waals surface area contributed by atoms with Crippen LogP contribution >= 0.6 is 0 Å². The van der Waals surface area contributed by atoms with Crippen LogP contribution in [0.3, 0.4) is 0 Å². The molecule has 11 nitrogen and oxygen atoms in total. The second-order valence-electron chi connectivity index (χ2n) is 9.00. The third-order valence-electron chi connectivity index (χ3n) is 7.04. The molecule has 3 aliphatic rings. The van der Waals surface area contributed by atoms with Gasteiger partial charge in [0.15, 0.2) is 5.60 Å². The first kappa shape index (κ1) is 22.7. The lowest BCUT2D eigenvalue weighted by Crippen LogP contribution is -2.45. The van der Waals surface area contributed by atoms with Crippen molar-refractivity contribution in [3.8, 4) is 11.4 Å². The van der Waals surface area contributed by atoms with Crippen LogP contribution in [0.4, 0.5) is 5.69 Å². The van der Waals surface area contributed by atoms with Crippen molar-refractivity contribution in [2.24, 2.45) is 5.10 Å². The number of cyclic esters (lactones) is 1. The van der Waals surface area contributed by atoms with Gasteiger partial charge in [0.2, 0.25) is 0 Å². The number of carbonyl (C=O) groups is 1. The molecule has 3 aromatic rings. The smallest absolute Gasteiger partial charge is 0.343 e. The SMILES string of the molecule is CC[C@@]1(O)C(=O)OCc2c1c(N)c1n(c2=O)Cc2c-1nc1ccccc1c2/C=N/N1CCOCOC1. The number of hydrogen-bond donors (Lipinski definition) is 2. The normalized spacial score (nSPS) is 21.3. The first-order valence-corrected chi connectivity index (χ1v) is 11.8. The number of aliphatic hydroxyl groups is 1.